The van der Waals surface area contributed by atoms with Crippen LogP contribution in [0.5, 0.6) is 5.75 Å². The minimum absolute atomic E-state index is 0.0463. The molecule has 21 heavy (non-hydrogen) atoms. The molecule has 3 rings (SSSR count). The summed E-state index contributed by atoms with van der Waals surface area (Å²) < 4.78 is 12.3. The van der Waals surface area contributed by atoms with Gasteiger partial charge in [-0.3, -0.25) is 0 Å². The summed E-state index contributed by atoms with van der Waals surface area (Å²) >= 11 is 3.50. The topological polar surface area (TPSA) is 38.8 Å². The Morgan fingerprint density at radius 3 is 2.76 bits per heavy atom. The van der Waals surface area contributed by atoms with Crippen molar-refractivity contribution in [3.05, 3.63) is 28.2 Å². The van der Waals surface area contributed by atoms with Crippen molar-refractivity contribution < 1.29 is 14.3 Å². The van der Waals surface area contributed by atoms with Crippen LogP contribution in [0.3, 0.4) is 0 Å². The maximum Gasteiger partial charge on any atom is 0.410 e. The Morgan fingerprint density at radius 2 is 2.10 bits per heavy atom. The van der Waals surface area contributed by atoms with Gasteiger partial charge >= 0.3 is 6.09 Å². The summed E-state index contributed by atoms with van der Waals surface area (Å²) in [5.41, 5.74) is 0.810. The molecule has 0 bridgehead atoms. The van der Waals surface area contributed by atoms with E-state index in [4.69, 9.17) is 9.47 Å². The zero-order valence-electron chi connectivity index (χ0n) is 12.6. The average Bonchev–Trinajstić information content (AvgIpc) is 2.32. The molecule has 0 aromatic heterocycles. The number of hydrogen-bond acceptors (Lipinski definition) is 3. The number of halogens is 1. The van der Waals surface area contributed by atoms with E-state index in [-0.39, 0.29) is 11.5 Å². The van der Waals surface area contributed by atoms with Gasteiger partial charge in [-0.15, -0.1) is 0 Å². The van der Waals surface area contributed by atoms with Crippen molar-refractivity contribution in [3.63, 3.8) is 0 Å². The van der Waals surface area contributed by atoms with Gasteiger partial charge in [-0.25, -0.2) is 4.79 Å². The van der Waals surface area contributed by atoms with Gasteiger partial charge in [0.1, 0.15) is 11.4 Å². The maximum absolute atomic E-state index is 12.0. The molecule has 1 fully saturated rings. The minimum atomic E-state index is -0.444. The van der Waals surface area contributed by atoms with Crippen LogP contribution in [-0.2, 0) is 11.2 Å². The molecule has 2 aliphatic heterocycles. The van der Waals surface area contributed by atoms with E-state index in [1.54, 1.807) is 4.90 Å². The number of fused-ring (bicyclic) bond motifs is 1. The van der Waals surface area contributed by atoms with Gasteiger partial charge in [0, 0.05) is 23.0 Å². The number of carbonyl (C=O) groups is 1. The summed E-state index contributed by atoms with van der Waals surface area (Å²) in [6.07, 6.45) is 0.717. The first-order valence-electron chi connectivity index (χ1n) is 7.16. The number of carbonyl (C=O) groups excluding carboxylic acids is 1. The van der Waals surface area contributed by atoms with Gasteiger partial charge in [-0.2, -0.15) is 0 Å². The first-order valence-corrected chi connectivity index (χ1v) is 7.95. The van der Waals surface area contributed by atoms with Crippen molar-refractivity contribution >= 4 is 22.0 Å². The predicted molar refractivity (Wildman–Crippen MR) is 83.6 cm³/mol. The molecule has 1 amide bonds. The predicted octanol–water partition coefficient (Wildman–Crippen LogP) is 3.62. The summed E-state index contributed by atoms with van der Waals surface area (Å²) in [4.78, 5) is 13.8. The minimum Gasteiger partial charge on any atom is -0.493 e. The molecule has 1 aromatic carbocycles. The molecule has 114 valence electrons. The van der Waals surface area contributed by atoms with Crippen LogP contribution in [0.2, 0.25) is 0 Å². The van der Waals surface area contributed by atoms with E-state index in [9.17, 15) is 4.79 Å². The molecule has 0 unspecified atom stereocenters. The molecule has 0 radical (unpaired) electrons. The molecular formula is C16H20BrNO3. The van der Waals surface area contributed by atoms with Gasteiger partial charge in [0.15, 0.2) is 0 Å². The quantitative estimate of drug-likeness (QED) is 0.714. The fraction of sp³-hybridized carbons (Fsp3) is 0.562. The van der Waals surface area contributed by atoms with Gasteiger partial charge in [0.05, 0.1) is 6.61 Å². The van der Waals surface area contributed by atoms with Crippen molar-refractivity contribution in [3.8, 4) is 5.75 Å². The highest BCUT2D eigenvalue weighted by Gasteiger charge is 2.49. The lowest BCUT2D eigenvalue weighted by Gasteiger charge is -2.51. The second-order valence-electron chi connectivity index (χ2n) is 7.05. The van der Waals surface area contributed by atoms with E-state index in [0.29, 0.717) is 19.7 Å². The number of rotatable bonds is 0. The van der Waals surface area contributed by atoms with Crippen LogP contribution in [0.25, 0.3) is 0 Å². The van der Waals surface area contributed by atoms with Crippen LogP contribution in [-0.4, -0.2) is 36.3 Å². The molecule has 1 spiro atoms. The van der Waals surface area contributed by atoms with Crippen molar-refractivity contribution in [1.29, 1.82) is 0 Å². The molecule has 0 aliphatic carbocycles. The lowest BCUT2D eigenvalue weighted by Crippen LogP contribution is -2.63. The van der Waals surface area contributed by atoms with E-state index in [1.165, 1.54) is 5.56 Å². The van der Waals surface area contributed by atoms with Crippen LogP contribution in [0.15, 0.2) is 22.7 Å². The number of benzene rings is 1. The Bertz CT molecular complexity index is 573. The van der Waals surface area contributed by atoms with E-state index < -0.39 is 5.60 Å². The molecule has 4 nitrogen and oxygen atoms in total. The van der Waals surface area contributed by atoms with Gasteiger partial charge in [-0.05, 0) is 51.0 Å². The van der Waals surface area contributed by atoms with Gasteiger partial charge in [0.25, 0.3) is 0 Å². The lowest BCUT2D eigenvalue weighted by atomic mass is 9.74. The molecule has 0 saturated carbocycles. The van der Waals surface area contributed by atoms with E-state index in [0.717, 1.165) is 16.6 Å². The second-order valence-corrected chi connectivity index (χ2v) is 7.97. The van der Waals surface area contributed by atoms with Crippen LogP contribution in [0.4, 0.5) is 4.79 Å². The number of ether oxygens (including phenoxy) is 2. The fourth-order valence-electron chi connectivity index (χ4n) is 2.93. The van der Waals surface area contributed by atoms with Gasteiger partial charge < -0.3 is 14.4 Å². The summed E-state index contributed by atoms with van der Waals surface area (Å²) in [7, 11) is 0. The van der Waals surface area contributed by atoms with Crippen LogP contribution < -0.4 is 4.74 Å². The number of likely N-dealkylation sites (tertiary alicyclic amines) is 1. The first-order chi connectivity index (χ1) is 9.76. The number of amides is 1. The largest absolute Gasteiger partial charge is 0.493 e. The fourth-order valence-corrected chi connectivity index (χ4v) is 3.34. The lowest BCUT2D eigenvalue weighted by molar-refractivity contribution is -0.0570. The monoisotopic (exact) mass is 353 g/mol. The Kier molecular flexibility index (Phi) is 3.43. The first kappa shape index (κ1) is 14.7. The van der Waals surface area contributed by atoms with E-state index >= 15 is 0 Å². The molecule has 1 saturated heterocycles. The van der Waals surface area contributed by atoms with Crippen molar-refractivity contribution in [2.24, 2.45) is 5.41 Å². The summed E-state index contributed by atoms with van der Waals surface area (Å²) in [6.45, 7) is 7.73. The zero-order valence-corrected chi connectivity index (χ0v) is 14.2. The zero-order chi connectivity index (χ0) is 15.3. The van der Waals surface area contributed by atoms with Crippen molar-refractivity contribution in [2.75, 3.05) is 19.7 Å². The van der Waals surface area contributed by atoms with Crippen LogP contribution >= 0.6 is 15.9 Å². The van der Waals surface area contributed by atoms with E-state index in [1.807, 2.05) is 32.9 Å². The molecule has 1 aromatic rings. The van der Waals surface area contributed by atoms with Crippen molar-refractivity contribution in [1.82, 2.24) is 4.90 Å². The highest BCUT2D eigenvalue weighted by molar-refractivity contribution is 9.10. The Balaban J connectivity index is 1.64. The standard InChI is InChI=1S/C16H20BrNO3/c1-15(2,3)21-14(19)18-8-16(9-18)7-11-6-12(17)4-5-13(11)20-10-16/h4-6H,7-10H2,1-3H3. The molecule has 2 aliphatic rings. The summed E-state index contributed by atoms with van der Waals surface area (Å²) in [5.74, 6) is 0.958. The number of hydrogen-bond donors (Lipinski definition) is 0. The van der Waals surface area contributed by atoms with Crippen LogP contribution in [0, 0.1) is 5.41 Å². The third-order valence-corrected chi connectivity index (χ3v) is 4.32. The maximum atomic E-state index is 12.0. The van der Waals surface area contributed by atoms with E-state index in [2.05, 4.69) is 22.0 Å². The Hall–Kier alpha value is -1.23. The average molecular weight is 354 g/mol. The molecule has 5 heteroatoms. The molecular weight excluding hydrogens is 334 g/mol. The Morgan fingerprint density at radius 1 is 1.38 bits per heavy atom. The van der Waals surface area contributed by atoms with Gasteiger partial charge in [0.2, 0.25) is 0 Å². The number of nitrogens with zero attached hydrogens (tertiary/aromatic N) is 1. The molecule has 0 atom stereocenters. The molecule has 0 N–H and O–H groups in total. The smallest absolute Gasteiger partial charge is 0.410 e. The molecule has 2 heterocycles. The Labute approximate surface area is 133 Å². The summed E-state index contributed by atoms with van der Waals surface area (Å²) in [6, 6.07) is 6.09. The van der Waals surface area contributed by atoms with Crippen molar-refractivity contribution in [2.45, 2.75) is 32.8 Å². The third kappa shape index (κ3) is 3.03. The summed E-state index contributed by atoms with van der Waals surface area (Å²) in [5, 5.41) is 0. The highest BCUT2D eigenvalue weighted by atomic mass is 79.9. The normalized spacial score (nSPS) is 19.5. The third-order valence-electron chi connectivity index (χ3n) is 3.83. The SMILES string of the molecule is CC(C)(C)OC(=O)N1CC2(COc3ccc(Br)cc3C2)C1. The van der Waals surface area contributed by atoms with Crippen LogP contribution in [0.1, 0.15) is 26.3 Å². The second kappa shape index (κ2) is 4.90. The van der Waals surface area contributed by atoms with Gasteiger partial charge in [-0.1, -0.05) is 15.9 Å². The highest BCUT2D eigenvalue weighted by Crippen LogP contribution is 2.42.